The largest absolute Gasteiger partial charge is 0.493 e. The molecule has 2 aromatic rings. The van der Waals surface area contributed by atoms with E-state index in [1.165, 1.54) is 26.4 Å². The summed E-state index contributed by atoms with van der Waals surface area (Å²) in [5, 5.41) is 4.82. The number of methoxy groups -OCH3 is 2. The van der Waals surface area contributed by atoms with E-state index in [4.69, 9.17) is 9.47 Å². The Morgan fingerprint density at radius 3 is 2.54 bits per heavy atom. The SMILES string of the molecule is COc1cccc(C=CC(=O)Nc2cccc3c2C(=O)NC3=O)c1OC. The van der Waals surface area contributed by atoms with Crippen LogP contribution in [-0.4, -0.2) is 31.9 Å². The number of amides is 3. The second-order valence-electron chi connectivity index (χ2n) is 5.42. The first-order chi connectivity index (χ1) is 12.5. The first-order valence-electron chi connectivity index (χ1n) is 7.74. The number of anilines is 1. The molecule has 3 amide bonds. The van der Waals surface area contributed by atoms with Crippen LogP contribution >= 0.6 is 0 Å². The molecule has 7 heteroatoms. The summed E-state index contributed by atoms with van der Waals surface area (Å²) in [4.78, 5) is 35.8. The second kappa shape index (κ2) is 7.10. The van der Waals surface area contributed by atoms with E-state index < -0.39 is 17.7 Å². The average Bonchev–Trinajstić information content (AvgIpc) is 2.94. The molecular weight excluding hydrogens is 336 g/mol. The standard InChI is InChI=1S/C19H16N2O5/c1-25-14-8-3-5-11(17(14)26-2)9-10-15(22)20-13-7-4-6-12-16(13)19(24)21-18(12)23/h3-10H,1-2H3,(H,20,22)(H,21,23,24). The van der Waals surface area contributed by atoms with Crippen molar-refractivity contribution >= 4 is 29.5 Å². The molecule has 132 valence electrons. The fraction of sp³-hybridized carbons (Fsp3) is 0.105. The molecule has 0 aliphatic carbocycles. The fourth-order valence-corrected chi connectivity index (χ4v) is 2.71. The van der Waals surface area contributed by atoms with Crippen LogP contribution < -0.4 is 20.1 Å². The summed E-state index contributed by atoms with van der Waals surface area (Å²) in [5.41, 5.74) is 1.34. The molecule has 0 spiro atoms. The lowest BCUT2D eigenvalue weighted by molar-refractivity contribution is -0.111. The predicted octanol–water partition coefficient (Wildman–Crippen LogP) is 2.24. The number of ether oxygens (including phenoxy) is 2. The van der Waals surface area contributed by atoms with Crippen molar-refractivity contribution < 1.29 is 23.9 Å². The van der Waals surface area contributed by atoms with Crippen LogP contribution in [0.4, 0.5) is 5.69 Å². The fourth-order valence-electron chi connectivity index (χ4n) is 2.71. The Morgan fingerprint density at radius 1 is 1.04 bits per heavy atom. The van der Waals surface area contributed by atoms with Crippen molar-refractivity contribution in [3.63, 3.8) is 0 Å². The molecule has 2 N–H and O–H groups in total. The van der Waals surface area contributed by atoms with Gasteiger partial charge in [-0.15, -0.1) is 0 Å². The van der Waals surface area contributed by atoms with Crippen LogP contribution in [0.15, 0.2) is 42.5 Å². The molecule has 0 aromatic heterocycles. The molecule has 0 bridgehead atoms. The number of fused-ring (bicyclic) bond motifs is 1. The molecule has 0 radical (unpaired) electrons. The van der Waals surface area contributed by atoms with Gasteiger partial charge in [0.25, 0.3) is 11.8 Å². The minimum atomic E-state index is -0.528. The van der Waals surface area contributed by atoms with E-state index in [2.05, 4.69) is 10.6 Å². The zero-order valence-corrected chi connectivity index (χ0v) is 14.2. The number of hydrogen-bond acceptors (Lipinski definition) is 5. The van der Waals surface area contributed by atoms with Crippen molar-refractivity contribution in [2.24, 2.45) is 0 Å². The number of hydrogen-bond donors (Lipinski definition) is 2. The highest BCUT2D eigenvalue weighted by Gasteiger charge is 2.29. The lowest BCUT2D eigenvalue weighted by atomic mass is 10.1. The topological polar surface area (TPSA) is 93.7 Å². The normalized spacial score (nSPS) is 12.7. The van der Waals surface area contributed by atoms with Crippen LogP contribution in [0, 0.1) is 0 Å². The van der Waals surface area contributed by atoms with Gasteiger partial charge in [-0.2, -0.15) is 0 Å². The summed E-state index contributed by atoms with van der Waals surface area (Å²) >= 11 is 0. The molecule has 1 aliphatic rings. The summed E-state index contributed by atoms with van der Waals surface area (Å²) < 4.78 is 10.5. The van der Waals surface area contributed by atoms with Crippen LogP contribution in [0.3, 0.4) is 0 Å². The highest BCUT2D eigenvalue weighted by atomic mass is 16.5. The van der Waals surface area contributed by atoms with Gasteiger partial charge in [-0.3, -0.25) is 19.7 Å². The highest BCUT2D eigenvalue weighted by molar-refractivity contribution is 6.24. The summed E-state index contributed by atoms with van der Waals surface area (Å²) in [6, 6.07) is 9.99. The zero-order chi connectivity index (χ0) is 18.7. The first kappa shape index (κ1) is 17.2. The minimum absolute atomic E-state index is 0.165. The van der Waals surface area contributed by atoms with Crippen LogP contribution in [0.1, 0.15) is 26.3 Å². The molecule has 1 aliphatic heterocycles. The molecule has 2 aromatic carbocycles. The van der Waals surface area contributed by atoms with Crippen molar-refractivity contribution in [1.82, 2.24) is 5.32 Å². The van der Waals surface area contributed by atoms with E-state index in [0.29, 0.717) is 17.1 Å². The maximum absolute atomic E-state index is 12.2. The summed E-state index contributed by atoms with van der Waals surface area (Å²) in [7, 11) is 3.04. The Bertz CT molecular complexity index is 934. The molecule has 26 heavy (non-hydrogen) atoms. The van der Waals surface area contributed by atoms with Crippen molar-refractivity contribution in [3.8, 4) is 11.5 Å². The number of benzene rings is 2. The van der Waals surface area contributed by atoms with Gasteiger partial charge >= 0.3 is 0 Å². The van der Waals surface area contributed by atoms with Crippen LogP contribution in [-0.2, 0) is 4.79 Å². The monoisotopic (exact) mass is 352 g/mol. The van der Waals surface area contributed by atoms with Gasteiger partial charge in [-0.05, 0) is 24.3 Å². The highest BCUT2D eigenvalue weighted by Crippen LogP contribution is 2.31. The van der Waals surface area contributed by atoms with Crippen molar-refractivity contribution in [3.05, 3.63) is 59.2 Å². The smallest absolute Gasteiger partial charge is 0.261 e. The molecule has 0 unspecified atom stereocenters. The van der Waals surface area contributed by atoms with Gasteiger partial charge in [0, 0.05) is 11.6 Å². The number of carbonyl (C=O) groups is 3. The Labute approximate surface area is 149 Å². The van der Waals surface area contributed by atoms with Crippen molar-refractivity contribution in [1.29, 1.82) is 0 Å². The molecule has 0 saturated heterocycles. The van der Waals surface area contributed by atoms with Gasteiger partial charge in [0.05, 0.1) is 31.0 Å². The molecule has 7 nitrogen and oxygen atoms in total. The molecule has 0 fully saturated rings. The number of para-hydroxylation sites is 1. The molecule has 1 heterocycles. The zero-order valence-electron chi connectivity index (χ0n) is 14.2. The third-order valence-corrected chi connectivity index (χ3v) is 3.87. The maximum Gasteiger partial charge on any atom is 0.261 e. The summed E-state index contributed by atoms with van der Waals surface area (Å²) in [6.45, 7) is 0. The maximum atomic E-state index is 12.2. The lowest BCUT2D eigenvalue weighted by Crippen LogP contribution is -2.20. The molecule has 3 rings (SSSR count). The van der Waals surface area contributed by atoms with Crippen molar-refractivity contribution in [2.75, 3.05) is 19.5 Å². The quantitative estimate of drug-likeness (QED) is 0.636. The second-order valence-corrected chi connectivity index (χ2v) is 5.42. The van der Waals surface area contributed by atoms with Crippen molar-refractivity contribution in [2.45, 2.75) is 0 Å². The van der Waals surface area contributed by atoms with Gasteiger partial charge in [-0.1, -0.05) is 18.2 Å². The third kappa shape index (κ3) is 3.14. The number of imide groups is 1. The van der Waals surface area contributed by atoms with Crippen LogP contribution in [0.5, 0.6) is 11.5 Å². The minimum Gasteiger partial charge on any atom is -0.493 e. The lowest BCUT2D eigenvalue weighted by Gasteiger charge is -2.10. The molecule has 0 atom stereocenters. The number of rotatable bonds is 5. The first-order valence-corrected chi connectivity index (χ1v) is 7.74. The van der Waals surface area contributed by atoms with Gasteiger partial charge in [0.15, 0.2) is 11.5 Å². The number of carbonyl (C=O) groups excluding carboxylic acids is 3. The molecule has 0 saturated carbocycles. The van der Waals surface area contributed by atoms with E-state index in [1.54, 1.807) is 36.4 Å². The van der Waals surface area contributed by atoms with Gasteiger partial charge in [0.1, 0.15) is 0 Å². The Hall–Kier alpha value is -3.61. The summed E-state index contributed by atoms with van der Waals surface area (Å²) in [5.74, 6) is -0.400. The van der Waals surface area contributed by atoms with Crippen LogP contribution in [0.2, 0.25) is 0 Å². The number of nitrogens with one attached hydrogen (secondary N) is 2. The van der Waals surface area contributed by atoms with E-state index in [0.717, 1.165) is 0 Å². The van der Waals surface area contributed by atoms with E-state index in [9.17, 15) is 14.4 Å². The van der Waals surface area contributed by atoms with Crippen LogP contribution in [0.25, 0.3) is 6.08 Å². The van der Waals surface area contributed by atoms with E-state index >= 15 is 0 Å². The average molecular weight is 352 g/mol. The Kier molecular flexibility index (Phi) is 4.70. The Morgan fingerprint density at radius 2 is 1.81 bits per heavy atom. The Balaban J connectivity index is 1.82. The van der Waals surface area contributed by atoms with E-state index in [-0.39, 0.29) is 16.8 Å². The molecular formula is C19H16N2O5. The van der Waals surface area contributed by atoms with Gasteiger partial charge in [0.2, 0.25) is 5.91 Å². The van der Waals surface area contributed by atoms with Gasteiger partial charge in [-0.25, -0.2) is 0 Å². The van der Waals surface area contributed by atoms with Gasteiger partial charge < -0.3 is 14.8 Å². The predicted molar refractivity (Wildman–Crippen MR) is 95.4 cm³/mol. The van der Waals surface area contributed by atoms with E-state index in [1.807, 2.05) is 0 Å². The third-order valence-electron chi connectivity index (χ3n) is 3.87. The summed E-state index contributed by atoms with van der Waals surface area (Å²) in [6.07, 6.45) is 2.89.